The van der Waals surface area contributed by atoms with E-state index in [4.69, 9.17) is 9.31 Å². The summed E-state index contributed by atoms with van der Waals surface area (Å²) in [5.74, 6) is -0.685. The van der Waals surface area contributed by atoms with E-state index >= 15 is 0 Å². The van der Waals surface area contributed by atoms with Crippen molar-refractivity contribution < 1.29 is 23.3 Å². The zero-order chi connectivity index (χ0) is 18.8. The first-order chi connectivity index (χ1) is 11.6. The molecule has 1 aliphatic heterocycles. The second kappa shape index (κ2) is 7.10. The average molecular weight is 347 g/mol. The summed E-state index contributed by atoms with van der Waals surface area (Å²) < 4.78 is 25.4. The van der Waals surface area contributed by atoms with Crippen LogP contribution in [0.5, 0.6) is 0 Å². The fourth-order valence-electron chi connectivity index (χ4n) is 2.40. The van der Waals surface area contributed by atoms with Crippen molar-refractivity contribution in [1.29, 1.82) is 0 Å². The minimum Gasteiger partial charge on any atom is -0.400 e. The fraction of sp³-hybridized carbons (Fsp3) is 0.444. The molecule has 1 N–H and O–H groups in total. The SMILES string of the molecule is CC(=O)NCC(=Cc1ccc(F)cc1C=O)B1OC(C)(C)C(C)(C)O1. The van der Waals surface area contributed by atoms with E-state index in [1.807, 2.05) is 27.7 Å². The van der Waals surface area contributed by atoms with Gasteiger partial charge in [0.25, 0.3) is 0 Å². The summed E-state index contributed by atoms with van der Waals surface area (Å²) in [6.07, 6.45) is 2.29. The summed E-state index contributed by atoms with van der Waals surface area (Å²) in [7, 11) is -0.679. The van der Waals surface area contributed by atoms with Crippen LogP contribution >= 0.6 is 0 Å². The highest BCUT2D eigenvalue weighted by molar-refractivity contribution is 6.56. The predicted molar refractivity (Wildman–Crippen MR) is 94.5 cm³/mol. The molecule has 0 bridgehead atoms. The number of amides is 1. The number of carbonyl (C=O) groups is 2. The van der Waals surface area contributed by atoms with Gasteiger partial charge in [0, 0.05) is 19.0 Å². The van der Waals surface area contributed by atoms with Gasteiger partial charge in [0.2, 0.25) is 5.91 Å². The second-order valence-electron chi connectivity index (χ2n) is 7.11. The molecule has 1 fully saturated rings. The lowest BCUT2D eigenvalue weighted by molar-refractivity contribution is -0.118. The molecule has 1 aromatic rings. The summed E-state index contributed by atoms with van der Waals surface area (Å²) in [4.78, 5) is 22.5. The van der Waals surface area contributed by atoms with Crippen molar-refractivity contribution in [2.45, 2.75) is 45.8 Å². The normalized spacial score (nSPS) is 19.0. The summed E-state index contributed by atoms with van der Waals surface area (Å²) >= 11 is 0. The molecule has 0 saturated carbocycles. The van der Waals surface area contributed by atoms with Crippen LogP contribution in [0.4, 0.5) is 4.39 Å². The highest BCUT2D eigenvalue weighted by Gasteiger charge is 2.52. The Bertz CT molecular complexity index is 699. The van der Waals surface area contributed by atoms with Crippen LogP contribution in [0.25, 0.3) is 6.08 Å². The number of rotatable bonds is 5. The van der Waals surface area contributed by atoms with Crippen molar-refractivity contribution >= 4 is 25.4 Å². The lowest BCUT2D eigenvalue weighted by Crippen LogP contribution is -2.41. The van der Waals surface area contributed by atoms with Gasteiger partial charge in [0.1, 0.15) is 5.82 Å². The van der Waals surface area contributed by atoms with Crippen LogP contribution in [0, 0.1) is 5.82 Å². The van der Waals surface area contributed by atoms with Crippen molar-refractivity contribution in [3.05, 3.63) is 40.6 Å². The van der Waals surface area contributed by atoms with Crippen LogP contribution in [-0.2, 0) is 14.1 Å². The Morgan fingerprint density at radius 2 is 1.80 bits per heavy atom. The molecule has 0 radical (unpaired) electrons. The highest BCUT2D eigenvalue weighted by atomic mass is 19.1. The molecule has 25 heavy (non-hydrogen) atoms. The van der Waals surface area contributed by atoms with Crippen molar-refractivity contribution in [2.24, 2.45) is 0 Å². The fourth-order valence-corrected chi connectivity index (χ4v) is 2.40. The molecule has 0 unspecified atom stereocenters. The van der Waals surface area contributed by atoms with E-state index in [0.29, 0.717) is 17.3 Å². The quantitative estimate of drug-likeness (QED) is 0.657. The van der Waals surface area contributed by atoms with Gasteiger partial charge in [-0.15, -0.1) is 0 Å². The third-order valence-electron chi connectivity index (χ3n) is 4.61. The number of aldehydes is 1. The number of nitrogens with one attached hydrogen (secondary N) is 1. The lowest BCUT2D eigenvalue weighted by Gasteiger charge is -2.32. The van der Waals surface area contributed by atoms with Crippen LogP contribution in [0.2, 0.25) is 0 Å². The molecule has 2 rings (SSSR count). The summed E-state index contributed by atoms with van der Waals surface area (Å²) in [5, 5.41) is 2.72. The highest BCUT2D eigenvalue weighted by Crippen LogP contribution is 2.38. The van der Waals surface area contributed by atoms with E-state index in [9.17, 15) is 14.0 Å². The Kier molecular flexibility index (Phi) is 5.49. The van der Waals surface area contributed by atoms with E-state index in [1.165, 1.54) is 25.1 Å². The maximum absolute atomic E-state index is 13.3. The van der Waals surface area contributed by atoms with Crippen molar-refractivity contribution in [3.8, 4) is 0 Å². The van der Waals surface area contributed by atoms with Crippen LogP contribution in [0.1, 0.15) is 50.5 Å². The number of hydrogen-bond donors (Lipinski definition) is 1. The number of hydrogen-bond acceptors (Lipinski definition) is 4. The van der Waals surface area contributed by atoms with Gasteiger partial charge < -0.3 is 14.6 Å². The van der Waals surface area contributed by atoms with Gasteiger partial charge >= 0.3 is 7.12 Å². The molecular weight excluding hydrogens is 324 g/mol. The van der Waals surface area contributed by atoms with Gasteiger partial charge in [-0.05, 0) is 50.9 Å². The van der Waals surface area contributed by atoms with Crippen molar-refractivity contribution in [2.75, 3.05) is 6.54 Å². The Morgan fingerprint density at radius 3 is 2.32 bits per heavy atom. The molecule has 0 aliphatic carbocycles. The third kappa shape index (κ3) is 4.35. The molecule has 1 heterocycles. The van der Waals surface area contributed by atoms with Crippen LogP contribution in [-0.4, -0.2) is 37.1 Å². The van der Waals surface area contributed by atoms with E-state index in [-0.39, 0.29) is 18.0 Å². The van der Waals surface area contributed by atoms with Gasteiger partial charge in [-0.25, -0.2) is 4.39 Å². The van der Waals surface area contributed by atoms with Crippen molar-refractivity contribution in [3.63, 3.8) is 0 Å². The van der Waals surface area contributed by atoms with E-state index in [2.05, 4.69) is 5.32 Å². The third-order valence-corrected chi connectivity index (χ3v) is 4.61. The molecule has 1 aromatic carbocycles. The Labute approximate surface area is 147 Å². The van der Waals surface area contributed by atoms with Gasteiger partial charge in [0.05, 0.1) is 11.2 Å². The molecule has 5 nitrogen and oxygen atoms in total. The van der Waals surface area contributed by atoms with Crippen LogP contribution in [0.15, 0.2) is 23.7 Å². The molecule has 1 saturated heterocycles. The first-order valence-corrected chi connectivity index (χ1v) is 8.11. The summed E-state index contributed by atoms with van der Waals surface area (Å²) in [6, 6.07) is 3.95. The van der Waals surface area contributed by atoms with Gasteiger partial charge in [-0.3, -0.25) is 9.59 Å². The minimum absolute atomic E-state index is 0.196. The second-order valence-corrected chi connectivity index (χ2v) is 7.11. The number of halogens is 1. The molecule has 1 aliphatic rings. The van der Waals surface area contributed by atoms with E-state index in [0.717, 1.165) is 0 Å². The van der Waals surface area contributed by atoms with E-state index < -0.39 is 24.1 Å². The lowest BCUT2D eigenvalue weighted by atomic mass is 9.76. The standard InChI is InChI=1S/C18H23BFNO4/c1-12(23)21-10-15(19-24-17(2,3)18(4,5)25-19)8-13-6-7-16(20)9-14(13)11-22/h6-9,11H,10H2,1-5H3,(H,21,23). The summed E-state index contributed by atoms with van der Waals surface area (Å²) in [6.45, 7) is 9.32. The smallest absolute Gasteiger partial charge is 0.400 e. The van der Waals surface area contributed by atoms with Gasteiger partial charge in [0.15, 0.2) is 6.29 Å². The molecule has 7 heteroatoms. The van der Waals surface area contributed by atoms with Crippen LogP contribution < -0.4 is 5.32 Å². The molecule has 0 aromatic heterocycles. The maximum Gasteiger partial charge on any atom is 0.492 e. The zero-order valence-corrected chi connectivity index (χ0v) is 15.2. The largest absolute Gasteiger partial charge is 0.492 e. The minimum atomic E-state index is -0.679. The summed E-state index contributed by atoms with van der Waals surface area (Å²) in [5.41, 5.74) is 0.318. The average Bonchev–Trinajstić information content (AvgIpc) is 2.72. The first-order valence-electron chi connectivity index (χ1n) is 8.11. The number of carbonyl (C=O) groups excluding carboxylic acids is 2. The Morgan fingerprint density at radius 1 is 1.20 bits per heavy atom. The topological polar surface area (TPSA) is 64.6 Å². The Hall–Kier alpha value is -1.99. The molecule has 0 atom stereocenters. The molecular formula is C18H23BFNO4. The first kappa shape index (κ1) is 19.3. The van der Waals surface area contributed by atoms with Gasteiger partial charge in [-0.2, -0.15) is 0 Å². The maximum atomic E-state index is 13.3. The van der Waals surface area contributed by atoms with E-state index in [1.54, 1.807) is 6.08 Å². The Balaban J connectivity index is 2.40. The molecule has 134 valence electrons. The molecule has 1 amide bonds. The monoisotopic (exact) mass is 347 g/mol. The predicted octanol–water partition coefficient (Wildman–Crippen LogP) is 2.79. The van der Waals surface area contributed by atoms with Crippen molar-refractivity contribution in [1.82, 2.24) is 5.32 Å². The molecule has 0 spiro atoms. The number of benzene rings is 1. The zero-order valence-electron chi connectivity index (χ0n) is 15.2. The van der Waals surface area contributed by atoms with Crippen LogP contribution in [0.3, 0.4) is 0 Å². The van der Waals surface area contributed by atoms with Gasteiger partial charge in [-0.1, -0.05) is 12.1 Å².